The Kier molecular flexibility index (Phi) is 2.98. The standard InChI is InChI=1S/C13H14N4S/c1-2-11-8-15-13(18-11)14-6-9-4-3-5-10-7-16-17-12(9)10/h3-5,7-8H,2,6H2,1H3,(H,14,15)(H,16,17). The molecule has 1 aromatic carbocycles. The molecule has 4 nitrogen and oxygen atoms in total. The molecule has 0 fully saturated rings. The van der Waals surface area contributed by atoms with E-state index in [2.05, 4.69) is 39.6 Å². The molecular formula is C13H14N4S. The largest absolute Gasteiger partial charge is 0.357 e. The van der Waals surface area contributed by atoms with Crippen LogP contribution in [0.2, 0.25) is 0 Å². The maximum atomic E-state index is 4.35. The Morgan fingerprint density at radius 1 is 1.33 bits per heavy atom. The summed E-state index contributed by atoms with van der Waals surface area (Å²) in [5.41, 5.74) is 2.30. The fourth-order valence-corrected chi connectivity index (χ4v) is 2.65. The number of fused-ring (bicyclic) bond motifs is 1. The van der Waals surface area contributed by atoms with Crippen LogP contribution in [0.15, 0.2) is 30.6 Å². The second-order valence-electron chi connectivity index (χ2n) is 4.09. The molecule has 0 bridgehead atoms. The van der Waals surface area contributed by atoms with E-state index in [1.807, 2.05) is 18.5 Å². The molecule has 0 unspecified atom stereocenters. The normalized spacial score (nSPS) is 10.9. The molecule has 0 aliphatic rings. The average molecular weight is 258 g/mol. The Morgan fingerprint density at radius 2 is 2.28 bits per heavy atom. The van der Waals surface area contributed by atoms with Crippen molar-refractivity contribution in [3.05, 3.63) is 41.0 Å². The van der Waals surface area contributed by atoms with Gasteiger partial charge < -0.3 is 5.32 Å². The first kappa shape index (κ1) is 11.2. The first-order valence-electron chi connectivity index (χ1n) is 5.96. The zero-order chi connectivity index (χ0) is 12.4. The number of H-pyrrole nitrogens is 1. The molecule has 0 aliphatic carbocycles. The van der Waals surface area contributed by atoms with Crippen molar-refractivity contribution in [1.82, 2.24) is 15.2 Å². The second kappa shape index (κ2) is 4.78. The van der Waals surface area contributed by atoms with Crippen molar-refractivity contribution in [1.29, 1.82) is 0 Å². The van der Waals surface area contributed by atoms with Crippen LogP contribution >= 0.6 is 11.3 Å². The van der Waals surface area contributed by atoms with Gasteiger partial charge in [0, 0.05) is 23.0 Å². The number of aryl methyl sites for hydroxylation is 1. The van der Waals surface area contributed by atoms with Crippen molar-refractivity contribution in [2.75, 3.05) is 5.32 Å². The molecule has 2 N–H and O–H groups in total. The molecule has 0 aliphatic heterocycles. The number of nitrogens with zero attached hydrogens (tertiary/aromatic N) is 2. The molecule has 18 heavy (non-hydrogen) atoms. The van der Waals surface area contributed by atoms with Gasteiger partial charge in [0.15, 0.2) is 5.13 Å². The molecule has 2 heterocycles. The molecule has 5 heteroatoms. The highest BCUT2D eigenvalue weighted by atomic mass is 32.1. The maximum absolute atomic E-state index is 4.35. The predicted octanol–water partition coefficient (Wildman–Crippen LogP) is 3.19. The molecule has 3 rings (SSSR count). The van der Waals surface area contributed by atoms with Crippen molar-refractivity contribution in [3.8, 4) is 0 Å². The van der Waals surface area contributed by atoms with Gasteiger partial charge in [0.1, 0.15) is 0 Å². The Bertz CT molecular complexity index is 656. The summed E-state index contributed by atoms with van der Waals surface area (Å²) in [6.45, 7) is 2.90. The minimum Gasteiger partial charge on any atom is -0.357 e. The summed E-state index contributed by atoms with van der Waals surface area (Å²) in [4.78, 5) is 5.65. The number of anilines is 1. The second-order valence-corrected chi connectivity index (χ2v) is 5.21. The summed E-state index contributed by atoms with van der Waals surface area (Å²) in [6, 6.07) is 6.21. The van der Waals surface area contributed by atoms with E-state index >= 15 is 0 Å². The summed E-state index contributed by atoms with van der Waals surface area (Å²) in [5.74, 6) is 0. The third-order valence-electron chi connectivity index (χ3n) is 2.90. The highest BCUT2D eigenvalue weighted by Gasteiger charge is 2.04. The van der Waals surface area contributed by atoms with E-state index in [-0.39, 0.29) is 0 Å². The van der Waals surface area contributed by atoms with Gasteiger partial charge in [-0.15, -0.1) is 11.3 Å². The number of aromatic nitrogens is 3. The van der Waals surface area contributed by atoms with Crippen molar-refractivity contribution in [3.63, 3.8) is 0 Å². The number of hydrogen-bond acceptors (Lipinski definition) is 4. The third-order valence-corrected chi connectivity index (χ3v) is 3.99. The van der Waals surface area contributed by atoms with Crippen molar-refractivity contribution < 1.29 is 0 Å². The lowest BCUT2D eigenvalue weighted by atomic mass is 10.1. The van der Waals surface area contributed by atoms with E-state index in [4.69, 9.17) is 0 Å². The number of para-hydroxylation sites is 1. The van der Waals surface area contributed by atoms with Crippen LogP contribution in [-0.4, -0.2) is 15.2 Å². The van der Waals surface area contributed by atoms with Gasteiger partial charge in [-0.05, 0) is 12.0 Å². The molecule has 0 saturated heterocycles. The first-order chi connectivity index (χ1) is 8.86. The first-order valence-corrected chi connectivity index (χ1v) is 6.78. The fraction of sp³-hybridized carbons (Fsp3) is 0.231. The van der Waals surface area contributed by atoms with Crippen LogP contribution in [0.3, 0.4) is 0 Å². The number of thiazole rings is 1. The van der Waals surface area contributed by atoms with Gasteiger partial charge in [0.2, 0.25) is 0 Å². The zero-order valence-electron chi connectivity index (χ0n) is 10.1. The van der Waals surface area contributed by atoms with Gasteiger partial charge in [-0.2, -0.15) is 5.10 Å². The Morgan fingerprint density at radius 3 is 3.11 bits per heavy atom. The van der Waals surface area contributed by atoms with E-state index in [0.717, 1.165) is 29.0 Å². The maximum Gasteiger partial charge on any atom is 0.183 e. The molecule has 0 saturated carbocycles. The predicted molar refractivity (Wildman–Crippen MR) is 74.9 cm³/mol. The van der Waals surface area contributed by atoms with Crippen LogP contribution in [0.4, 0.5) is 5.13 Å². The molecular weight excluding hydrogens is 244 g/mol. The van der Waals surface area contributed by atoms with E-state index in [9.17, 15) is 0 Å². The van der Waals surface area contributed by atoms with Gasteiger partial charge in [0.05, 0.1) is 11.7 Å². The van der Waals surface area contributed by atoms with Crippen molar-refractivity contribution in [2.24, 2.45) is 0 Å². The lowest BCUT2D eigenvalue weighted by molar-refractivity contribution is 1.09. The average Bonchev–Trinajstić information content (AvgIpc) is 3.05. The van der Waals surface area contributed by atoms with Crippen LogP contribution in [0.1, 0.15) is 17.4 Å². The monoisotopic (exact) mass is 258 g/mol. The molecule has 0 spiro atoms. The number of benzene rings is 1. The Labute approximate surface area is 109 Å². The minimum absolute atomic E-state index is 0.760. The highest BCUT2D eigenvalue weighted by Crippen LogP contribution is 2.21. The van der Waals surface area contributed by atoms with E-state index in [1.165, 1.54) is 10.4 Å². The van der Waals surface area contributed by atoms with Crippen LogP contribution in [0, 0.1) is 0 Å². The fourth-order valence-electron chi connectivity index (χ4n) is 1.90. The lowest BCUT2D eigenvalue weighted by Crippen LogP contribution is -1.99. The van der Waals surface area contributed by atoms with Gasteiger partial charge in [0.25, 0.3) is 0 Å². The highest BCUT2D eigenvalue weighted by molar-refractivity contribution is 7.15. The molecule has 0 radical (unpaired) electrons. The topological polar surface area (TPSA) is 53.6 Å². The summed E-state index contributed by atoms with van der Waals surface area (Å²) in [7, 11) is 0. The zero-order valence-corrected chi connectivity index (χ0v) is 10.9. The van der Waals surface area contributed by atoms with Gasteiger partial charge in [-0.1, -0.05) is 25.1 Å². The lowest BCUT2D eigenvalue weighted by Gasteiger charge is -2.03. The van der Waals surface area contributed by atoms with Crippen LogP contribution < -0.4 is 5.32 Å². The summed E-state index contributed by atoms with van der Waals surface area (Å²) < 4.78 is 0. The number of aromatic amines is 1. The molecule has 0 atom stereocenters. The molecule has 0 amide bonds. The summed E-state index contributed by atoms with van der Waals surface area (Å²) in [5, 5.41) is 12.6. The van der Waals surface area contributed by atoms with Crippen molar-refractivity contribution in [2.45, 2.75) is 19.9 Å². The molecule has 92 valence electrons. The number of nitrogens with one attached hydrogen (secondary N) is 2. The van der Waals surface area contributed by atoms with Crippen LogP contribution in [0.5, 0.6) is 0 Å². The van der Waals surface area contributed by atoms with E-state index < -0.39 is 0 Å². The summed E-state index contributed by atoms with van der Waals surface area (Å²) in [6.07, 6.45) is 4.82. The Balaban J connectivity index is 1.78. The third kappa shape index (κ3) is 2.09. The number of rotatable bonds is 4. The van der Waals surface area contributed by atoms with Crippen molar-refractivity contribution >= 4 is 27.4 Å². The van der Waals surface area contributed by atoms with Crippen LogP contribution in [-0.2, 0) is 13.0 Å². The van der Waals surface area contributed by atoms with Gasteiger partial charge >= 0.3 is 0 Å². The molecule has 3 aromatic rings. The summed E-state index contributed by atoms with van der Waals surface area (Å²) >= 11 is 1.71. The smallest absolute Gasteiger partial charge is 0.183 e. The number of hydrogen-bond donors (Lipinski definition) is 2. The van der Waals surface area contributed by atoms with E-state index in [1.54, 1.807) is 11.3 Å². The van der Waals surface area contributed by atoms with Crippen LogP contribution in [0.25, 0.3) is 10.9 Å². The SMILES string of the molecule is CCc1cnc(NCc2cccc3cn[nH]c23)s1. The quantitative estimate of drug-likeness (QED) is 0.755. The van der Waals surface area contributed by atoms with E-state index in [0.29, 0.717) is 0 Å². The Hall–Kier alpha value is -1.88. The molecule has 2 aromatic heterocycles. The minimum atomic E-state index is 0.760. The van der Waals surface area contributed by atoms with Gasteiger partial charge in [-0.3, -0.25) is 5.10 Å². The van der Waals surface area contributed by atoms with Gasteiger partial charge in [-0.25, -0.2) is 4.98 Å².